The summed E-state index contributed by atoms with van der Waals surface area (Å²) in [5.74, 6) is 0. The monoisotopic (exact) mass is 323 g/mol. The molecule has 0 aliphatic rings. The van der Waals surface area contributed by atoms with Gasteiger partial charge >= 0.3 is 0 Å². The first-order valence-corrected chi connectivity index (χ1v) is 6.32. The van der Waals surface area contributed by atoms with E-state index in [0.29, 0.717) is 0 Å². The molecule has 0 radical (unpaired) electrons. The summed E-state index contributed by atoms with van der Waals surface area (Å²) in [4.78, 5) is 0. The Labute approximate surface area is 110 Å². The van der Waals surface area contributed by atoms with E-state index in [0.717, 1.165) is 15.7 Å². The first-order chi connectivity index (χ1) is 7.65. The molecule has 2 aromatic carbocycles. The molecule has 2 aromatic rings. The summed E-state index contributed by atoms with van der Waals surface area (Å²) in [5, 5.41) is 0. The molecule has 2 rings (SSSR count). The number of nitrogens with two attached hydrogens (primary N) is 1. The van der Waals surface area contributed by atoms with E-state index in [9.17, 15) is 0 Å². The van der Waals surface area contributed by atoms with Gasteiger partial charge in [-0.25, -0.2) is 0 Å². The predicted octanol–water partition coefficient (Wildman–Crippen LogP) is 3.77. The molecular formula is C14H14IN. The van der Waals surface area contributed by atoms with Gasteiger partial charge in [0, 0.05) is 9.26 Å². The largest absolute Gasteiger partial charge is 0.398 e. The van der Waals surface area contributed by atoms with Crippen LogP contribution in [0.3, 0.4) is 0 Å². The minimum Gasteiger partial charge on any atom is -0.398 e. The average Bonchev–Trinajstić information content (AvgIpc) is 2.27. The van der Waals surface area contributed by atoms with Gasteiger partial charge in [0.05, 0.1) is 0 Å². The van der Waals surface area contributed by atoms with E-state index < -0.39 is 0 Å². The van der Waals surface area contributed by atoms with Crippen LogP contribution in [0.4, 0.5) is 5.69 Å². The molecule has 0 aliphatic carbocycles. The molecule has 2 N–H and O–H groups in total. The van der Waals surface area contributed by atoms with Crippen molar-refractivity contribution in [3.63, 3.8) is 0 Å². The van der Waals surface area contributed by atoms with Crippen molar-refractivity contribution in [2.24, 2.45) is 0 Å². The van der Waals surface area contributed by atoms with Crippen LogP contribution in [0.2, 0.25) is 0 Å². The lowest BCUT2D eigenvalue weighted by atomic mass is 10.0. The summed E-state index contributed by atoms with van der Waals surface area (Å²) in [6.45, 7) is 2.11. The van der Waals surface area contributed by atoms with Crippen molar-refractivity contribution in [3.05, 3.63) is 62.7 Å². The highest BCUT2D eigenvalue weighted by molar-refractivity contribution is 14.1. The minimum atomic E-state index is 0.855. The van der Waals surface area contributed by atoms with Crippen molar-refractivity contribution in [1.82, 2.24) is 0 Å². The summed E-state index contributed by atoms with van der Waals surface area (Å²) < 4.78 is 1.13. The van der Waals surface area contributed by atoms with Gasteiger partial charge in [0.1, 0.15) is 0 Å². The van der Waals surface area contributed by atoms with Crippen molar-refractivity contribution >= 4 is 28.3 Å². The van der Waals surface area contributed by atoms with Crippen molar-refractivity contribution in [2.75, 3.05) is 5.73 Å². The Kier molecular flexibility index (Phi) is 3.49. The van der Waals surface area contributed by atoms with Gasteiger partial charge in [-0.1, -0.05) is 35.9 Å². The second kappa shape index (κ2) is 4.87. The lowest BCUT2D eigenvalue weighted by Crippen LogP contribution is -1.93. The van der Waals surface area contributed by atoms with Crippen LogP contribution in [-0.4, -0.2) is 0 Å². The average molecular weight is 323 g/mol. The summed E-state index contributed by atoms with van der Waals surface area (Å²) >= 11 is 2.27. The Balaban J connectivity index is 2.20. The standard InChI is InChI=1S/C14H14IN/c1-10-2-4-11(5-3-10)8-12-6-7-14(16)13(15)9-12/h2-7,9H,8,16H2,1H3. The lowest BCUT2D eigenvalue weighted by Gasteiger charge is -2.05. The number of benzene rings is 2. The molecule has 0 saturated carbocycles. The second-order valence-electron chi connectivity index (χ2n) is 4.02. The topological polar surface area (TPSA) is 26.0 Å². The Morgan fingerprint density at radius 2 is 1.62 bits per heavy atom. The number of rotatable bonds is 2. The molecule has 0 fully saturated rings. The first-order valence-electron chi connectivity index (χ1n) is 5.24. The van der Waals surface area contributed by atoms with E-state index in [1.54, 1.807) is 0 Å². The molecule has 0 amide bonds. The van der Waals surface area contributed by atoms with Gasteiger partial charge in [0.25, 0.3) is 0 Å². The van der Waals surface area contributed by atoms with E-state index in [1.807, 2.05) is 6.07 Å². The molecule has 0 bridgehead atoms. The fourth-order valence-electron chi connectivity index (χ4n) is 1.62. The maximum atomic E-state index is 5.79. The second-order valence-corrected chi connectivity index (χ2v) is 5.18. The molecule has 0 aliphatic heterocycles. The van der Waals surface area contributed by atoms with Crippen LogP contribution < -0.4 is 5.73 Å². The van der Waals surface area contributed by atoms with E-state index >= 15 is 0 Å². The molecule has 0 saturated heterocycles. The van der Waals surface area contributed by atoms with Gasteiger partial charge in [-0.05, 0) is 59.2 Å². The van der Waals surface area contributed by atoms with Crippen molar-refractivity contribution in [2.45, 2.75) is 13.3 Å². The number of anilines is 1. The smallest absolute Gasteiger partial charge is 0.0449 e. The van der Waals surface area contributed by atoms with Crippen LogP contribution in [0, 0.1) is 10.5 Å². The van der Waals surface area contributed by atoms with Crippen LogP contribution >= 0.6 is 22.6 Å². The summed E-state index contributed by atoms with van der Waals surface area (Å²) in [5.41, 5.74) is 10.6. The molecule has 82 valence electrons. The summed E-state index contributed by atoms with van der Waals surface area (Å²) in [6, 6.07) is 14.9. The Hall–Kier alpha value is -1.03. The molecule has 0 aromatic heterocycles. The Morgan fingerprint density at radius 1 is 1.00 bits per heavy atom. The molecule has 1 nitrogen and oxygen atoms in total. The number of nitrogen functional groups attached to an aromatic ring is 1. The highest BCUT2D eigenvalue weighted by atomic mass is 127. The van der Waals surface area contributed by atoms with Crippen LogP contribution in [-0.2, 0) is 6.42 Å². The summed E-state index contributed by atoms with van der Waals surface area (Å²) in [7, 11) is 0. The predicted molar refractivity (Wildman–Crippen MR) is 77.6 cm³/mol. The quantitative estimate of drug-likeness (QED) is 0.661. The van der Waals surface area contributed by atoms with E-state index in [1.165, 1.54) is 16.7 Å². The molecule has 16 heavy (non-hydrogen) atoms. The molecule has 0 atom stereocenters. The molecule has 0 spiro atoms. The number of aryl methyl sites for hydroxylation is 1. The maximum absolute atomic E-state index is 5.79. The van der Waals surface area contributed by atoms with E-state index in [4.69, 9.17) is 5.73 Å². The van der Waals surface area contributed by atoms with Crippen LogP contribution in [0.15, 0.2) is 42.5 Å². The van der Waals surface area contributed by atoms with Crippen LogP contribution in [0.1, 0.15) is 16.7 Å². The number of hydrogen-bond acceptors (Lipinski definition) is 1. The third-order valence-corrected chi connectivity index (χ3v) is 3.53. The zero-order valence-electron chi connectivity index (χ0n) is 9.20. The van der Waals surface area contributed by atoms with Gasteiger partial charge in [-0.3, -0.25) is 0 Å². The number of hydrogen-bond donors (Lipinski definition) is 1. The molecular weight excluding hydrogens is 309 g/mol. The fourth-order valence-corrected chi connectivity index (χ4v) is 2.20. The third kappa shape index (κ3) is 2.76. The van der Waals surface area contributed by atoms with Crippen molar-refractivity contribution < 1.29 is 0 Å². The van der Waals surface area contributed by atoms with Gasteiger partial charge in [-0.15, -0.1) is 0 Å². The normalized spacial score (nSPS) is 10.4. The van der Waals surface area contributed by atoms with Gasteiger partial charge in [0.2, 0.25) is 0 Å². The maximum Gasteiger partial charge on any atom is 0.0449 e. The Morgan fingerprint density at radius 3 is 2.25 bits per heavy atom. The Bertz CT molecular complexity index is 489. The first kappa shape index (κ1) is 11.5. The molecule has 2 heteroatoms. The zero-order chi connectivity index (χ0) is 11.5. The highest BCUT2D eigenvalue weighted by Gasteiger charge is 1.99. The molecule has 0 heterocycles. The van der Waals surface area contributed by atoms with Crippen LogP contribution in [0.5, 0.6) is 0 Å². The molecule has 0 unspecified atom stereocenters. The number of halogens is 1. The van der Waals surface area contributed by atoms with Gasteiger partial charge in [0.15, 0.2) is 0 Å². The highest BCUT2D eigenvalue weighted by Crippen LogP contribution is 2.18. The van der Waals surface area contributed by atoms with Crippen molar-refractivity contribution in [3.8, 4) is 0 Å². The lowest BCUT2D eigenvalue weighted by molar-refractivity contribution is 1.18. The van der Waals surface area contributed by atoms with Crippen molar-refractivity contribution in [1.29, 1.82) is 0 Å². The summed E-state index contributed by atoms with van der Waals surface area (Å²) in [6.07, 6.45) is 0.969. The van der Waals surface area contributed by atoms with Gasteiger partial charge < -0.3 is 5.73 Å². The third-order valence-electron chi connectivity index (χ3n) is 2.59. The van der Waals surface area contributed by atoms with E-state index in [2.05, 4.69) is 65.9 Å². The van der Waals surface area contributed by atoms with Gasteiger partial charge in [-0.2, -0.15) is 0 Å². The SMILES string of the molecule is Cc1ccc(Cc2ccc(N)c(I)c2)cc1. The van der Waals surface area contributed by atoms with Crippen LogP contribution in [0.25, 0.3) is 0 Å². The minimum absolute atomic E-state index is 0.855. The van der Waals surface area contributed by atoms with E-state index in [-0.39, 0.29) is 0 Å². The zero-order valence-corrected chi connectivity index (χ0v) is 11.4. The fraction of sp³-hybridized carbons (Fsp3) is 0.143.